The molecule has 22 heavy (non-hydrogen) atoms. The molecular formula is C17H34N4O. The van der Waals surface area contributed by atoms with Crippen molar-refractivity contribution in [2.45, 2.75) is 33.1 Å². The van der Waals surface area contributed by atoms with Crippen LogP contribution in [0.25, 0.3) is 0 Å². The van der Waals surface area contributed by atoms with E-state index in [2.05, 4.69) is 34.3 Å². The number of hydrogen-bond donors (Lipinski definition) is 2. The molecule has 2 saturated heterocycles. The van der Waals surface area contributed by atoms with Gasteiger partial charge in [0, 0.05) is 45.7 Å². The number of nitrogens with zero attached hydrogens (tertiary/aromatic N) is 2. The van der Waals surface area contributed by atoms with E-state index < -0.39 is 0 Å². The first-order valence-corrected chi connectivity index (χ1v) is 9.11. The molecule has 2 N–H and O–H groups in total. The highest BCUT2D eigenvalue weighted by molar-refractivity contribution is 5.76. The zero-order chi connectivity index (χ0) is 15.8. The molecule has 0 aromatic rings. The maximum Gasteiger partial charge on any atom is 0.220 e. The van der Waals surface area contributed by atoms with Gasteiger partial charge in [0.2, 0.25) is 5.91 Å². The van der Waals surface area contributed by atoms with Gasteiger partial charge in [0.25, 0.3) is 0 Å². The zero-order valence-electron chi connectivity index (χ0n) is 14.4. The minimum absolute atomic E-state index is 0.227. The van der Waals surface area contributed by atoms with Crippen molar-refractivity contribution in [1.29, 1.82) is 0 Å². The smallest absolute Gasteiger partial charge is 0.220 e. The van der Waals surface area contributed by atoms with E-state index >= 15 is 0 Å². The van der Waals surface area contributed by atoms with Gasteiger partial charge in [-0.15, -0.1) is 0 Å². The normalized spacial score (nSPS) is 25.8. The molecule has 1 amide bonds. The Morgan fingerprint density at radius 2 is 2.00 bits per heavy atom. The summed E-state index contributed by atoms with van der Waals surface area (Å²) in [5.41, 5.74) is 0. The van der Waals surface area contributed by atoms with Crippen LogP contribution >= 0.6 is 0 Å². The average molecular weight is 310 g/mol. The molecule has 0 aromatic heterocycles. The lowest BCUT2D eigenvalue weighted by atomic mass is 9.85. The van der Waals surface area contributed by atoms with Crippen molar-refractivity contribution in [1.82, 2.24) is 20.4 Å². The van der Waals surface area contributed by atoms with Crippen LogP contribution < -0.4 is 10.6 Å². The lowest BCUT2D eigenvalue weighted by Gasteiger charge is -2.34. The first-order chi connectivity index (χ1) is 10.7. The number of amides is 1. The molecule has 2 aliphatic heterocycles. The molecule has 5 nitrogen and oxygen atoms in total. The minimum Gasteiger partial charge on any atom is -0.355 e. The summed E-state index contributed by atoms with van der Waals surface area (Å²) in [5, 5.41) is 6.55. The third-order valence-corrected chi connectivity index (χ3v) is 5.31. The summed E-state index contributed by atoms with van der Waals surface area (Å²) < 4.78 is 0. The third-order valence-electron chi connectivity index (χ3n) is 5.31. The van der Waals surface area contributed by atoms with Crippen LogP contribution in [0.3, 0.4) is 0 Å². The average Bonchev–Trinajstić information content (AvgIpc) is 2.56. The molecule has 0 bridgehead atoms. The number of hydrogen-bond acceptors (Lipinski definition) is 4. The Morgan fingerprint density at radius 1 is 1.27 bits per heavy atom. The molecule has 0 spiro atoms. The summed E-state index contributed by atoms with van der Waals surface area (Å²) in [4.78, 5) is 17.0. The summed E-state index contributed by atoms with van der Waals surface area (Å²) >= 11 is 0. The molecule has 2 aliphatic rings. The molecule has 0 saturated carbocycles. The number of carbonyl (C=O) groups is 1. The van der Waals surface area contributed by atoms with Gasteiger partial charge >= 0.3 is 0 Å². The maximum absolute atomic E-state index is 12.1. The first kappa shape index (κ1) is 17.7. The van der Waals surface area contributed by atoms with Crippen LogP contribution in [0.15, 0.2) is 0 Å². The largest absolute Gasteiger partial charge is 0.355 e. The second-order valence-electron chi connectivity index (χ2n) is 6.91. The van der Waals surface area contributed by atoms with E-state index in [0.29, 0.717) is 18.3 Å². The van der Waals surface area contributed by atoms with Gasteiger partial charge in [0.15, 0.2) is 0 Å². The summed E-state index contributed by atoms with van der Waals surface area (Å²) in [7, 11) is 0. The predicted octanol–water partition coefficient (Wildman–Crippen LogP) is 0.766. The van der Waals surface area contributed by atoms with E-state index in [-0.39, 0.29) is 5.91 Å². The second kappa shape index (κ2) is 9.48. The highest BCUT2D eigenvalue weighted by Crippen LogP contribution is 2.22. The van der Waals surface area contributed by atoms with E-state index in [4.69, 9.17) is 0 Å². The molecule has 2 heterocycles. The Hall–Kier alpha value is -0.650. The lowest BCUT2D eigenvalue weighted by molar-refractivity contribution is -0.122. The van der Waals surface area contributed by atoms with Gasteiger partial charge in [-0.3, -0.25) is 9.69 Å². The van der Waals surface area contributed by atoms with Crippen LogP contribution in [0, 0.1) is 11.8 Å². The Balaban J connectivity index is 1.55. The summed E-state index contributed by atoms with van der Waals surface area (Å²) in [6, 6.07) is 0. The molecule has 2 atom stereocenters. The molecule has 5 heteroatoms. The van der Waals surface area contributed by atoms with Gasteiger partial charge < -0.3 is 15.5 Å². The second-order valence-corrected chi connectivity index (χ2v) is 6.91. The molecule has 2 unspecified atom stereocenters. The minimum atomic E-state index is 0.227. The number of rotatable bonds is 7. The van der Waals surface area contributed by atoms with Crippen LogP contribution in [0.5, 0.6) is 0 Å². The van der Waals surface area contributed by atoms with Crippen molar-refractivity contribution in [3.63, 3.8) is 0 Å². The van der Waals surface area contributed by atoms with Crippen LogP contribution in [0.1, 0.15) is 33.1 Å². The van der Waals surface area contributed by atoms with Crippen molar-refractivity contribution in [2.75, 3.05) is 58.9 Å². The highest BCUT2D eigenvalue weighted by atomic mass is 16.1. The summed E-state index contributed by atoms with van der Waals surface area (Å²) in [5.74, 6) is 1.38. The van der Waals surface area contributed by atoms with Gasteiger partial charge in [-0.1, -0.05) is 13.8 Å². The van der Waals surface area contributed by atoms with Gasteiger partial charge in [-0.2, -0.15) is 0 Å². The van der Waals surface area contributed by atoms with Crippen LogP contribution in [-0.4, -0.2) is 74.6 Å². The van der Waals surface area contributed by atoms with E-state index in [9.17, 15) is 4.79 Å². The lowest BCUT2D eigenvalue weighted by Crippen LogP contribution is -2.48. The van der Waals surface area contributed by atoms with Gasteiger partial charge in [0.05, 0.1) is 0 Å². The number of likely N-dealkylation sites (N-methyl/N-ethyl adjacent to an activating group) is 1. The standard InChI is InChI=1S/C17H34N4O/c1-3-20-9-11-21(12-10-20)8-7-19-17(22)13-15(2)16-5-4-6-18-14-16/h15-16,18H,3-14H2,1-2H3,(H,19,22). The zero-order valence-corrected chi connectivity index (χ0v) is 14.4. The summed E-state index contributed by atoms with van der Waals surface area (Å²) in [6.07, 6.45) is 3.19. The molecule has 2 fully saturated rings. The van der Waals surface area contributed by atoms with Crippen molar-refractivity contribution in [3.8, 4) is 0 Å². The fourth-order valence-electron chi connectivity index (χ4n) is 3.58. The number of carbonyl (C=O) groups excluding carboxylic acids is 1. The Labute approximate surface area is 135 Å². The van der Waals surface area contributed by atoms with Crippen molar-refractivity contribution < 1.29 is 4.79 Å². The molecule has 2 rings (SSSR count). The third kappa shape index (κ3) is 5.86. The van der Waals surface area contributed by atoms with Crippen LogP contribution in [-0.2, 0) is 4.79 Å². The molecule has 0 aliphatic carbocycles. The van der Waals surface area contributed by atoms with Crippen molar-refractivity contribution in [3.05, 3.63) is 0 Å². The van der Waals surface area contributed by atoms with Crippen molar-refractivity contribution >= 4 is 5.91 Å². The fourth-order valence-corrected chi connectivity index (χ4v) is 3.58. The van der Waals surface area contributed by atoms with Crippen LogP contribution in [0.4, 0.5) is 0 Å². The maximum atomic E-state index is 12.1. The topological polar surface area (TPSA) is 47.6 Å². The fraction of sp³-hybridized carbons (Fsp3) is 0.941. The van der Waals surface area contributed by atoms with E-state index in [0.717, 1.165) is 58.9 Å². The Morgan fingerprint density at radius 3 is 2.64 bits per heavy atom. The monoisotopic (exact) mass is 310 g/mol. The van der Waals surface area contributed by atoms with E-state index in [1.54, 1.807) is 0 Å². The SMILES string of the molecule is CCN1CCN(CCNC(=O)CC(C)C2CCCNC2)CC1. The number of piperidine rings is 1. The van der Waals surface area contributed by atoms with Gasteiger partial charge in [-0.05, 0) is 44.3 Å². The number of nitrogens with one attached hydrogen (secondary N) is 2. The molecule has 0 aromatic carbocycles. The summed E-state index contributed by atoms with van der Waals surface area (Å²) in [6.45, 7) is 14.2. The van der Waals surface area contributed by atoms with E-state index in [1.165, 1.54) is 12.8 Å². The quantitative estimate of drug-likeness (QED) is 0.729. The first-order valence-electron chi connectivity index (χ1n) is 9.11. The van der Waals surface area contributed by atoms with Gasteiger partial charge in [-0.25, -0.2) is 0 Å². The number of piperazine rings is 1. The molecule has 128 valence electrons. The van der Waals surface area contributed by atoms with Crippen LogP contribution in [0.2, 0.25) is 0 Å². The van der Waals surface area contributed by atoms with E-state index in [1.807, 2.05) is 0 Å². The predicted molar refractivity (Wildman–Crippen MR) is 90.9 cm³/mol. The van der Waals surface area contributed by atoms with Gasteiger partial charge in [0.1, 0.15) is 0 Å². The Kier molecular flexibility index (Phi) is 7.63. The molecule has 0 radical (unpaired) electrons. The Bertz CT molecular complexity index is 323. The molecular weight excluding hydrogens is 276 g/mol. The van der Waals surface area contributed by atoms with Crippen molar-refractivity contribution in [2.24, 2.45) is 11.8 Å². The highest BCUT2D eigenvalue weighted by Gasteiger charge is 2.22.